The van der Waals surface area contributed by atoms with Crippen LogP contribution in [0.3, 0.4) is 0 Å². The molecule has 3 aromatic rings. The van der Waals surface area contributed by atoms with Crippen LogP contribution in [0.2, 0.25) is 0 Å². The SMILES string of the molecule is CCC(c1ccccc1)c1cccc(C(CC)c2ccccc2)c1C(=N)C=N. The van der Waals surface area contributed by atoms with Gasteiger partial charge in [0.05, 0.1) is 5.71 Å². The molecule has 0 saturated carbocycles. The highest BCUT2D eigenvalue weighted by Crippen LogP contribution is 2.37. The molecule has 0 spiro atoms. The van der Waals surface area contributed by atoms with E-state index in [2.05, 4.69) is 80.6 Å². The van der Waals surface area contributed by atoms with Crippen LogP contribution in [0, 0.1) is 10.8 Å². The Balaban J connectivity index is 2.21. The van der Waals surface area contributed by atoms with Crippen LogP contribution >= 0.6 is 0 Å². The van der Waals surface area contributed by atoms with Crippen molar-refractivity contribution in [1.29, 1.82) is 10.8 Å². The first-order valence-electron chi connectivity index (χ1n) is 10.0. The van der Waals surface area contributed by atoms with E-state index in [0.29, 0.717) is 0 Å². The highest BCUT2D eigenvalue weighted by atomic mass is 14.5. The fourth-order valence-corrected chi connectivity index (χ4v) is 4.19. The minimum Gasteiger partial charge on any atom is -0.307 e. The van der Waals surface area contributed by atoms with E-state index in [9.17, 15) is 0 Å². The second-order valence-electron chi connectivity index (χ2n) is 7.11. The molecule has 0 aromatic heterocycles. The largest absolute Gasteiger partial charge is 0.307 e. The summed E-state index contributed by atoms with van der Waals surface area (Å²) >= 11 is 0. The minimum absolute atomic E-state index is 0.213. The van der Waals surface area contributed by atoms with Crippen molar-refractivity contribution >= 4 is 11.9 Å². The molecule has 2 atom stereocenters. The molecular formula is C26H28N2. The molecule has 3 rings (SSSR count). The summed E-state index contributed by atoms with van der Waals surface area (Å²) in [5.74, 6) is 0.425. The first-order chi connectivity index (χ1) is 13.7. The molecule has 2 heteroatoms. The van der Waals surface area contributed by atoms with Gasteiger partial charge < -0.3 is 5.41 Å². The highest BCUT2D eigenvalue weighted by Gasteiger charge is 2.24. The summed E-state index contributed by atoms with van der Waals surface area (Å²) in [4.78, 5) is 0. The van der Waals surface area contributed by atoms with Gasteiger partial charge in [-0.2, -0.15) is 0 Å². The summed E-state index contributed by atoms with van der Waals surface area (Å²) < 4.78 is 0. The van der Waals surface area contributed by atoms with Gasteiger partial charge in [0.25, 0.3) is 0 Å². The Morgan fingerprint density at radius 1 is 0.714 bits per heavy atom. The molecule has 0 aliphatic heterocycles. The van der Waals surface area contributed by atoms with Crippen molar-refractivity contribution in [3.8, 4) is 0 Å². The van der Waals surface area contributed by atoms with Gasteiger partial charge in [0, 0.05) is 23.6 Å². The lowest BCUT2D eigenvalue weighted by Gasteiger charge is -2.25. The van der Waals surface area contributed by atoms with Crippen molar-refractivity contribution in [2.75, 3.05) is 0 Å². The van der Waals surface area contributed by atoms with Crippen molar-refractivity contribution < 1.29 is 0 Å². The second-order valence-corrected chi connectivity index (χ2v) is 7.11. The molecule has 0 amide bonds. The van der Waals surface area contributed by atoms with Gasteiger partial charge in [0.2, 0.25) is 0 Å². The minimum atomic E-state index is 0.213. The molecule has 142 valence electrons. The predicted octanol–water partition coefficient (Wildman–Crippen LogP) is 6.79. The van der Waals surface area contributed by atoms with E-state index >= 15 is 0 Å². The monoisotopic (exact) mass is 368 g/mol. The van der Waals surface area contributed by atoms with Crippen molar-refractivity contribution in [3.63, 3.8) is 0 Å². The smallest absolute Gasteiger partial charge is 0.0793 e. The lowest BCUT2D eigenvalue weighted by Crippen LogP contribution is -2.15. The zero-order valence-electron chi connectivity index (χ0n) is 16.7. The maximum atomic E-state index is 8.58. The van der Waals surface area contributed by atoms with Gasteiger partial charge in [-0.3, -0.25) is 5.41 Å². The van der Waals surface area contributed by atoms with E-state index in [4.69, 9.17) is 10.8 Å². The summed E-state index contributed by atoms with van der Waals surface area (Å²) in [6, 6.07) is 27.4. The Morgan fingerprint density at radius 3 is 1.50 bits per heavy atom. The summed E-state index contributed by atoms with van der Waals surface area (Å²) in [7, 11) is 0. The lowest BCUT2D eigenvalue weighted by atomic mass is 9.78. The van der Waals surface area contributed by atoms with Gasteiger partial charge in [0.1, 0.15) is 0 Å². The number of benzene rings is 3. The predicted molar refractivity (Wildman–Crippen MR) is 119 cm³/mol. The van der Waals surface area contributed by atoms with E-state index in [0.717, 1.165) is 29.5 Å². The van der Waals surface area contributed by atoms with Gasteiger partial charge in [-0.1, -0.05) is 92.7 Å². The number of nitrogens with one attached hydrogen (secondary N) is 2. The van der Waals surface area contributed by atoms with Crippen molar-refractivity contribution in [3.05, 3.63) is 107 Å². The Bertz CT molecular complexity index is 863. The van der Waals surface area contributed by atoms with Crippen LogP contribution < -0.4 is 0 Å². The normalized spacial score (nSPS) is 12.9. The topological polar surface area (TPSA) is 47.7 Å². The van der Waals surface area contributed by atoms with Gasteiger partial charge >= 0.3 is 0 Å². The quantitative estimate of drug-likeness (QED) is 0.411. The average molecular weight is 369 g/mol. The third-order valence-corrected chi connectivity index (χ3v) is 5.51. The Labute approximate surface area is 168 Å². The fourth-order valence-electron chi connectivity index (χ4n) is 4.19. The number of hydrogen-bond acceptors (Lipinski definition) is 2. The third kappa shape index (κ3) is 3.96. The maximum Gasteiger partial charge on any atom is 0.0793 e. The van der Waals surface area contributed by atoms with Crippen molar-refractivity contribution in [2.24, 2.45) is 0 Å². The van der Waals surface area contributed by atoms with Crippen LogP contribution in [0.15, 0.2) is 78.9 Å². The summed E-state index contributed by atoms with van der Waals surface area (Å²) in [6.45, 7) is 4.38. The maximum absolute atomic E-state index is 8.58. The third-order valence-electron chi connectivity index (χ3n) is 5.51. The summed E-state index contributed by atoms with van der Waals surface area (Å²) in [5.41, 5.74) is 6.02. The molecule has 0 aliphatic rings. The first kappa shape index (κ1) is 19.8. The molecule has 2 N–H and O–H groups in total. The zero-order chi connectivity index (χ0) is 19.9. The fraction of sp³-hybridized carbons (Fsp3) is 0.231. The van der Waals surface area contributed by atoms with E-state index in [1.165, 1.54) is 17.3 Å². The van der Waals surface area contributed by atoms with Gasteiger partial charge in [-0.05, 0) is 35.1 Å². The van der Waals surface area contributed by atoms with Crippen molar-refractivity contribution in [2.45, 2.75) is 38.5 Å². The van der Waals surface area contributed by atoms with E-state index in [1.807, 2.05) is 12.1 Å². The molecule has 2 nitrogen and oxygen atoms in total. The number of rotatable bonds is 8. The highest BCUT2D eigenvalue weighted by molar-refractivity contribution is 6.36. The zero-order valence-corrected chi connectivity index (χ0v) is 16.7. The van der Waals surface area contributed by atoms with Gasteiger partial charge in [-0.25, -0.2) is 0 Å². The second kappa shape index (κ2) is 9.27. The molecule has 3 aromatic carbocycles. The summed E-state index contributed by atoms with van der Waals surface area (Å²) in [5, 5.41) is 16.4. The lowest BCUT2D eigenvalue weighted by molar-refractivity contribution is 0.751. The molecule has 0 fully saturated rings. The molecule has 0 heterocycles. The van der Waals surface area contributed by atoms with Crippen LogP contribution in [0.4, 0.5) is 0 Å². The Morgan fingerprint density at radius 2 is 1.14 bits per heavy atom. The summed E-state index contributed by atoms with van der Waals surface area (Å²) in [6.07, 6.45) is 3.08. The van der Waals surface area contributed by atoms with Crippen LogP contribution in [0.1, 0.15) is 66.3 Å². The molecular weight excluding hydrogens is 340 g/mol. The van der Waals surface area contributed by atoms with Crippen LogP contribution in [-0.2, 0) is 0 Å². The molecule has 0 bridgehead atoms. The number of hydrogen-bond donors (Lipinski definition) is 2. The average Bonchev–Trinajstić information content (AvgIpc) is 2.76. The van der Waals surface area contributed by atoms with E-state index < -0.39 is 0 Å². The standard InChI is InChI=1S/C26H28N2/c1-3-21(19-12-7-5-8-13-19)23-16-11-17-24(26(23)25(28)18-27)22(4-2)20-14-9-6-10-15-20/h5-18,21-22,27-28H,3-4H2,1-2H3. The first-order valence-corrected chi connectivity index (χ1v) is 10.0. The van der Waals surface area contributed by atoms with E-state index in [-0.39, 0.29) is 17.5 Å². The van der Waals surface area contributed by atoms with Gasteiger partial charge in [0.15, 0.2) is 0 Å². The Kier molecular flexibility index (Phi) is 6.54. The van der Waals surface area contributed by atoms with Crippen molar-refractivity contribution in [1.82, 2.24) is 0 Å². The molecule has 0 aliphatic carbocycles. The molecule has 0 saturated heterocycles. The van der Waals surface area contributed by atoms with Gasteiger partial charge in [-0.15, -0.1) is 0 Å². The van der Waals surface area contributed by atoms with E-state index in [1.54, 1.807) is 0 Å². The molecule has 28 heavy (non-hydrogen) atoms. The molecule has 0 radical (unpaired) electrons. The van der Waals surface area contributed by atoms with Crippen LogP contribution in [0.25, 0.3) is 0 Å². The van der Waals surface area contributed by atoms with Crippen LogP contribution in [0.5, 0.6) is 0 Å². The molecule has 2 unspecified atom stereocenters. The van der Waals surface area contributed by atoms with Crippen LogP contribution in [-0.4, -0.2) is 11.9 Å². The Hall–Kier alpha value is -3.00.